The highest BCUT2D eigenvalue weighted by Crippen LogP contribution is 2.23. The van der Waals surface area contributed by atoms with Gasteiger partial charge in [0.2, 0.25) is 0 Å². The van der Waals surface area contributed by atoms with Crippen LogP contribution in [-0.2, 0) is 6.42 Å². The zero-order chi connectivity index (χ0) is 10.8. The summed E-state index contributed by atoms with van der Waals surface area (Å²) in [5, 5.41) is 12.1. The fourth-order valence-electron chi connectivity index (χ4n) is 1.30. The van der Waals surface area contributed by atoms with Crippen LogP contribution in [0.25, 0.3) is 10.1 Å². The van der Waals surface area contributed by atoms with Crippen LogP contribution in [-0.4, -0.2) is 15.4 Å². The first-order valence-corrected chi connectivity index (χ1v) is 4.98. The highest BCUT2D eigenvalue weighted by Gasteiger charge is 2.08. The van der Waals surface area contributed by atoms with Gasteiger partial charge < -0.3 is 10.9 Å². The Hall–Kier alpha value is -1.69. The molecule has 0 saturated heterocycles. The van der Waals surface area contributed by atoms with Gasteiger partial charge in [-0.3, -0.25) is 0 Å². The van der Waals surface area contributed by atoms with Gasteiger partial charge >= 0.3 is 0 Å². The smallest absolute Gasteiger partial charge is 0.145 e. The van der Waals surface area contributed by atoms with Crippen LogP contribution in [0.15, 0.2) is 23.4 Å². The first-order valence-electron chi connectivity index (χ1n) is 4.21. The number of fused-ring (bicyclic) bond motifs is 1. The van der Waals surface area contributed by atoms with Gasteiger partial charge in [-0.25, -0.2) is 4.39 Å². The molecule has 1 heterocycles. The summed E-state index contributed by atoms with van der Waals surface area (Å²) in [4.78, 5) is 0. The van der Waals surface area contributed by atoms with E-state index in [1.54, 1.807) is 6.07 Å². The Morgan fingerprint density at radius 1 is 1.60 bits per heavy atom. The predicted molar refractivity (Wildman–Crippen MR) is 56.7 cm³/mol. The van der Waals surface area contributed by atoms with Crippen molar-refractivity contribution in [3.05, 3.63) is 29.7 Å². The van der Waals surface area contributed by atoms with Crippen molar-refractivity contribution in [1.82, 2.24) is 4.37 Å². The lowest BCUT2D eigenvalue weighted by atomic mass is 10.2. The topological polar surface area (TPSA) is 71.5 Å². The van der Waals surface area contributed by atoms with Crippen LogP contribution >= 0.6 is 11.5 Å². The van der Waals surface area contributed by atoms with E-state index < -0.39 is 0 Å². The van der Waals surface area contributed by atoms with Gasteiger partial charge in [0.25, 0.3) is 0 Å². The average molecular weight is 225 g/mol. The maximum Gasteiger partial charge on any atom is 0.145 e. The SMILES string of the molecule is N/C(Cc1nsc2cc(F)ccc12)=N\O. The first kappa shape index (κ1) is 9.85. The number of hydrogen-bond acceptors (Lipinski definition) is 4. The molecule has 1 aromatic carbocycles. The number of aromatic nitrogens is 1. The summed E-state index contributed by atoms with van der Waals surface area (Å²) < 4.78 is 17.8. The lowest BCUT2D eigenvalue weighted by molar-refractivity contribution is 0.317. The summed E-state index contributed by atoms with van der Waals surface area (Å²) >= 11 is 1.20. The Bertz CT molecular complexity index is 523. The molecule has 2 aromatic rings. The zero-order valence-electron chi connectivity index (χ0n) is 7.64. The molecule has 3 N–H and O–H groups in total. The van der Waals surface area contributed by atoms with Crippen LogP contribution in [0.2, 0.25) is 0 Å². The predicted octanol–water partition coefficient (Wildman–Crippen LogP) is 1.72. The standard InChI is InChI=1S/C9H8FN3OS/c10-5-1-2-6-7(4-9(11)12-14)13-15-8(6)3-5/h1-3,14H,4H2,(H2,11,12). The molecule has 15 heavy (non-hydrogen) atoms. The monoisotopic (exact) mass is 225 g/mol. The molecule has 4 nitrogen and oxygen atoms in total. The van der Waals surface area contributed by atoms with Crippen molar-refractivity contribution in [2.45, 2.75) is 6.42 Å². The molecule has 0 aliphatic carbocycles. The number of nitrogens with two attached hydrogens (primary N) is 1. The van der Waals surface area contributed by atoms with Crippen LogP contribution in [0.1, 0.15) is 5.69 Å². The average Bonchev–Trinajstić information content (AvgIpc) is 2.60. The minimum Gasteiger partial charge on any atom is -0.409 e. The van der Waals surface area contributed by atoms with Crippen molar-refractivity contribution >= 4 is 27.5 Å². The first-order chi connectivity index (χ1) is 7.20. The quantitative estimate of drug-likeness (QED) is 0.354. The molecular formula is C9H8FN3OS. The molecule has 78 valence electrons. The molecule has 2 rings (SSSR count). The van der Waals surface area contributed by atoms with Gasteiger partial charge in [0, 0.05) is 5.39 Å². The molecule has 0 unspecified atom stereocenters. The van der Waals surface area contributed by atoms with Gasteiger partial charge in [0.15, 0.2) is 0 Å². The van der Waals surface area contributed by atoms with E-state index in [1.165, 1.54) is 23.7 Å². The maximum atomic E-state index is 12.9. The maximum absolute atomic E-state index is 12.9. The van der Waals surface area contributed by atoms with Crippen molar-refractivity contribution in [1.29, 1.82) is 0 Å². The molecule has 0 radical (unpaired) electrons. The van der Waals surface area contributed by atoms with Gasteiger partial charge in [0.1, 0.15) is 11.7 Å². The molecule has 0 atom stereocenters. The highest BCUT2D eigenvalue weighted by molar-refractivity contribution is 7.13. The Labute approximate surface area is 89.0 Å². The van der Waals surface area contributed by atoms with Gasteiger partial charge in [-0.1, -0.05) is 5.16 Å². The van der Waals surface area contributed by atoms with Gasteiger partial charge in [-0.15, -0.1) is 0 Å². The number of benzene rings is 1. The minimum absolute atomic E-state index is 0.0894. The summed E-state index contributed by atoms with van der Waals surface area (Å²) in [7, 11) is 0. The Morgan fingerprint density at radius 2 is 2.40 bits per heavy atom. The summed E-state index contributed by atoms with van der Waals surface area (Å²) in [6, 6.07) is 4.43. The summed E-state index contributed by atoms with van der Waals surface area (Å²) in [5.41, 5.74) is 6.08. The summed E-state index contributed by atoms with van der Waals surface area (Å²) in [6.45, 7) is 0. The number of rotatable bonds is 2. The number of amidine groups is 1. The zero-order valence-corrected chi connectivity index (χ0v) is 8.46. The molecule has 0 aliphatic heterocycles. The van der Waals surface area contributed by atoms with Crippen LogP contribution in [0.5, 0.6) is 0 Å². The normalized spacial score (nSPS) is 12.2. The number of halogens is 1. The molecule has 1 aromatic heterocycles. The third-order valence-electron chi connectivity index (χ3n) is 1.99. The summed E-state index contributed by atoms with van der Waals surface area (Å²) in [6.07, 6.45) is 0.266. The van der Waals surface area contributed by atoms with Crippen LogP contribution in [0.3, 0.4) is 0 Å². The highest BCUT2D eigenvalue weighted by atomic mass is 32.1. The van der Waals surface area contributed by atoms with Crippen molar-refractivity contribution < 1.29 is 9.60 Å². The third kappa shape index (κ3) is 1.89. The van der Waals surface area contributed by atoms with Crippen LogP contribution < -0.4 is 5.73 Å². The van der Waals surface area contributed by atoms with Crippen LogP contribution in [0, 0.1) is 5.82 Å². The van der Waals surface area contributed by atoms with E-state index in [0.29, 0.717) is 5.69 Å². The largest absolute Gasteiger partial charge is 0.409 e. The second kappa shape index (κ2) is 3.82. The molecule has 0 amide bonds. The molecule has 0 saturated carbocycles. The molecular weight excluding hydrogens is 217 g/mol. The van der Waals surface area contributed by atoms with Gasteiger partial charge in [-0.2, -0.15) is 4.37 Å². The van der Waals surface area contributed by atoms with Crippen molar-refractivity contribution in [3.63, 3.8) is 0 Å². The second-order valence-corrected chi connectivity index (χ2v) is 3.84. The van der Waals surface area contributed by atoms with Crippen molar-refractivity contribution in [2.24, 2.45) is 10.9 Å². The minimum atomic E-state index is -0.290. The van der Waals surface area contributed by atoms with E-state index in [9.17, 15) is 4.39 Å². The Morgan fingerprint density at radius 3 is 3.13 bits per heavy atom. The van der Waals surface area contributed by atoms with Gasteiger partial charge in [0.05, 0.1) is 16.8 Å². The third-order valence-corrected chi connectivity index (χ3v) is 2.83. The van der Waals surface area contributed by atoms with E-state index in [1.807, 2.05) is 0 Å². The molecule has 0 fully saturated rings. The van der Waals surface area contributed by atoms with Crippen LogP contribution in [0.4, 0.5) is 4.39 Å². The molecule has 0 spiro atoms. The fourth-order valence-corrected chi connectivity index (χ4v) is 2.12. The summed E-state index contributed by atoms with van der Waals surface area (Å²) in [5.74, 6) is -0.201. The van der Waals surface area contributed by atoms with Crippen molar-refractivity contribution in [2.75, 3.05) is 0 Å². The van der Waals surface area contributed by atoms with Crippen molar-refractivity contribution in [3.8, 4) is 0 Å². The fraction of sp³-hybridized carbons (Fsp3) is 0.111. The molecule has 6 heteroatoms. The number of hydrogen-bond donors (Lipinski definition) is 2. The van der Waals surface area contributed by atoms with E-state index in [0.717, 1.165) is 10.1 Å². The molecule has 0 aliphatic rings. The lowest BCUT2D eigenvalue weighted by Crippen LogP contribution is -2.14. The van der Waals surface area contributed by atoms with E-state index in [2.05, 4.69) is 9.53 Å². The van der Waals surface area contributed by atoms with E-state index >= 15 is 0 Å². The Balaban J connectivity index is 2.45. The van der Waals surface area contributed by atoms with E-state index in [4.69, 9.17) is 10.9 Å². The number of oxime groups is 1. The lowest BCUT2D eigenvalue weighted by Gasteiger charge is -1.95. The van der Waals surface area contributed by atoms with Gasteiger partial charge in [-0.05, 0) is 29.7 Å². The second-order valence-electron chi connectivity index (χ2n) is 3.04. The number of nitrogens with zero attached hydrogens (tertiary/aromatic N) is 2. The Kier molecular flexibility index (Phi) is 2.51. The van der Waals surface area contributed by atoms with E-state index in [-0.39, 0.29) is 18.1 Å². The molecule has 0 bridgehead atoms.